The molecule has 1 aliphatic rings. The van der Waals surface area contributed by atoms with Gasteiger partial charge in [0.05, 0.1) is 12.1 Å². The van der Waals surface area contributed by atoms with Crippen LogP contribution in [0.5, 0.6) is 5.75 Å². The summed E-state index contributed by atoms with van der Waals surface area (Å²) in [6.45, 7) is 7.24. The summed E-state index contributed by atoms with van der Waals surface area (Å²) in [4.78, 5) is 36.3. The maximum absolute atomic E-state index is 13.0. The molecule has 1 saturated heterocycles. The van der Waals surface area contributed by atoms with Crippen molar-refractivity contribution in [3.63, 3.8) is 0 Å². The normalized spacial score (nSPS) is 15.0. The molecule has 2 aromatic heterocycles. The summed E-state index contributed by atoms with van der Waals surface area (Å²) in [5.74, 6) is 0.887. The molecule has 3 heterocycles. The quantitative estimate of drug-likeness (QED) is 0.488. The highest BCUT2D eigenvalue weighted by atomic mass is 16.5. The van der Waals surface area contributed by atoms with Gasteiger partial charge in [0.15, 0.2) is 0 Å². The van der Waals surface area contributed by atoms with Crippen molar-refractivity contribution in [3.8, 4) is 5.75 Å². The monoisotopic (exact) mass is 433 g/mol. The number of benzene rings is 2. The average Bonchev–Trinajstić information content (AvgIpc) is 3.19. The summed E-state index contributed by atoms with van der Waals surface area (Å²) >= 11 is 0. The van der Waals surface area contributed by atoms with Crippen molar-refractivity contribution in [3.05, 3.63) is 69.4 Å². The molecule has 0 radical (unpaired) electrons. The summed E-state index contributed by atoms with van der Waals surface area (Å²) in [6, 6.07) is 15.8. The van der Waals surface area contributed by atoms with E-state index in [4.69, 9.17) is 4.74 Å². The Bertz CT molecular complexity index is 1340. The molecular weight excluding hydrogens is 406 g/mol. The molecule has 32 heavy (non-hydrogen) atoms. The molecule has 2 aromatic carbocycles. The third-order valence-corrected chi connectivity index (χ3v) is 6.17. The second kappa shape index (κ2) is 8.55. The Kier molecular flexibility index (Phi) is 5.45. The molecule has 8 nitrogen and oxygen atoms in total. The molecule has 1 aliphatic heterocycles. The van der Waals surface area contributed by atoms with Crippen LogP contribution in [-0.2, 0) is 6.54 Å². The van der Waals surface area contributed by atoms with Crippen molar-refractivity contribution < 1.29 is 4.74 Å². The standard InChI is InChI=1S/C24H27N5O3/c1-2-32-18-9-7-17(8-10-18)28-14-11-27(12-15-28)13-16-29-23(30)22-21(26-24(29)31)19-5-3-4-6-20(19)25-22/h3-10,25H,2,11-16H2,1H3,(H,26,31). The maximum atomic E-state index is 13.0. The highest BCUT2D eigenvalue weighted by molar-refractivity contribution is 6.04. The lowest BCUT2D eigenvalue weighted by atomic mass is 10.2. The van der Waals surface area contributed by atoms with Crippen molar-refractivity contribution in [1.29, 1.82) is 0 Å². The fourth-order valence-electron chi connectivity index (χ4n) is 4.43. The van der Waals surface area contributed by atoms with Gasteiger partial charge in [0.2, 0.25) is 0 Å². The number of fused-ring (bicyclic) bond motifs is 3. The summed E-state index contributed by atoms with van der Waals surface area (Å²) in [7, 11) is 0. The predicted octanol–water partition coefficient (Wildman–Crippen LogP) is 2.39. The van der Waals surface area contributed by atoms with Gasteiger partial charge in [-0.2, -0.15) is 0 Å². The third kappa shape index (κ3) is 3.78. The highest BCUT2D eigenvalue weighted by Gasteiger charge is 2.18. The Morgan fingerprint density at radius 1 is 0.875 bits per heavy atom. The van der Waals surface area contributed by atoms with E-state index in [9.17, 15) is 9.59 Å². The number of nitrogens with one attached hydrogen (secondary N) is 2. The number of nitrogens with zero attached hydrogens (tertiary/aromatic N) is 3. The van der Waals surface area contributed by atoms with E-state index in [1.54, 1.807) is 0 Å². The van der Waals surface area contributed by atoms with E-state index in [0.29, 0.717) is 30.7 Å². The molecule has 5 rings (SSSR count). The number of hydrogen-bond acceptors (Lipinski definition) is 5. The van der Waals surface area contributed by atoms with Gasteiger partial charge in [-0.25, -0.2) is 4.79 Å². The Hall–Kier alpha value is -3.52. The largest absolute Gasteiger partial charge is 0.494 e. The number of H-pyrrole nitrogens is 2. The van der Waals surface area contributed by atoms with E-state index in [1.807, 2.05) is 43.3 Å². The second-order valence-electron chi connectivity index (χ2n) is 8.06. The molecule has 0 unspecified atom stereocenters. The average molecular weight is 434 g/mol. The number of aromatic amines is 2. The first-order valence-electron chi connectivity index (χ1n) is 11.1. The highest BCUT2D eigenvalue weighted by Crippen LogP contribution is 2.21. The van der Waals surface area contributed by atoms with E-state index in [1.165, 1.54) is 10.3 Å². The smallest absolute Gasteiger partial charge is 0.328 e. The van der Waals surface area contributed by atoms with Gasteiger partial charge in [-0.15, -0.1) is 0 Å². The van der Waals surface area contributed by atoms with Crippen LogP contribution in [0.15, 0.2) is 58.1 Å². The predicted molar refractivity (Wildman–Crippen MR) is 127 cm³/mol. The summed E-state index contributed by atoms with van der Waals surface area (Å²) < 4.78 is 6.82. The number of hydrogen-bond donors (Lipinski definition) is 2. The second-order valence-corrected chi connectivity index (χ2v) is 8.06. The zero-order valence-electron chi connectivity index (χ0n) is 18.1. The van der Waals surface area contributed by atoms with Gasteiger partial charge in [-0.05, 0) is 37.3 Å². The van der Waals surface area contributed by atoms with Crippen LogP contribution in [0, 0.1) is 0 Å². The first-order valence-corrected chi connectivity index (χ1v) is 11.1. The molecule has 0 spiro atoms. The summed E-state index contributed by atoms with van der Waals surface area (Å²) in [6.07, 6.45) is 0. The van der Waals surface area contributed by atoms with E-state index >= 15 is 0 Å². The van der Waals surface area contributed by atoms with Crippen molar-refractivity contribution in [2.45, 2.75) is 13.5 Å². The molecule has 4 aromatic rings. The number of aromatic nitrogens is 3. The fourth-order valence-corrected chi connectivity index (χ4v) is 4.43. The molecule has 0 saturated carbocycles. The van der Waals surface area contributed by atoms with Crippen LogP contribution in [0.1, 0.15) is 6.92 Å². The van der Waals surface area contributed by atoms with Crippen molar-refractivity contribution >= 4 is 27.6 Å². The topological polar surface area (TPSA) is 86.4 Å². The first kappa shape index (κ1) is 20.4. The Balaban J connectivity index is 1.25. The maximum Gasteiger partial charge on any atom is 0.328 e. The number of para-hydroxylation sites is 1. The van der Waals surface area contributed by atoms with Crippen LogP contribution in [0.2, 0.25) is 0 Å². The molecule has 0 amide bonds. The Labute approximate surface area is 185 Å². The van der Waals surface area contributed by atoms with E-state index < -0.39 is 0 Å². The Morgan fingerprint density at radius 2 is 1.62 bits per heavy atom. The van der Waals surface area contributed by atoms with Crippen molar-refractivity contribution in [2.75, 3.05) is 44.2 Å². The van der Waals surface area contributed by atoms with E-state index in [0.717, 1.165) is 42.8 Å². The van der Waals surface area contributed by atoms with Crippen LogP contribution in [0.3, 0.4) is 0 Å². The van der Waals surface area contributed by atoms with Gasteiger partial charge in [0, 0.05) is 55.9 Å². The number of rotatable bonds is 6. The van der Waals surface area contributed by atoms with Gasteiger partial charge in [0.1, 0.15) is 11.3 Å². The number of piperazine rings is 1. The Morgan fingerprint density at radius 3 is 2.38 bits per heavy atom. The molecule has 1 fully saturated rings. The van der Waals surface area contributed by atoms with E-state index in [2.05, 4.69) is 31.9 Å². The van der Waals surface area contributed by atoms with Crippen LogP contribution in [-0.4, -0.2) is 58.8 Å². The molecule has 0 bridgehead atoms. The molecular formula is C24H27N5O3. The fraction of sp³-hybridized carbons (Fsp3) is 0.333. The van der Waals surface area contributed by atoms with Crippen LogP contribution in [0.25, 0.3) is 21.9 Å². The van der Waals surface area contributed by atoms with Gasteiger partial charge >= 0.3 is 5.69 Å². The van der Waals surface area contributed by atoms with Crippen LogP contribution < -0.4 is 20.9 Å². The van der Waals surface area contributed by atoms with E-state index in [-0.39, 0.29) is 11.2 Å². The van der Waals surface area contributed by atoms with Crippen molar-refractivity contribution in [2.24, 2.45) is 0 Å². The summed E-state index contributed by atoms with van der Waals surface area (Å²) in [5, 5.41) is 0.856. The molecule has 0 aliphatic carbocycles. The summed E-state index contributed by atoms with van der Waals surface area (Å²) in [5.41, 5.74) is 2.43. The lowest BCUT2D eigenvalue weighted by Crippen LogP contribution is -2.48. The van der Waals surface area contributed by atoms with Crippen LogP contribution in [0.4, 0.5) is 5.69 Å². The SMILES string of the molecule is CCOc1ccc(N2CCN(CCn3c(=O)[nH]c4c([nH]c5ccccc54)c3=O)CC2)cc1. The van der Waals surface area contributed by atoms with Crippen molar-refractivity contribution in [1.82, 2.24) is 19.4 Å². The lowest BCUT2D eigenvalue weighted by molar-refractivity contribution is 0.246. The zero-order chi connectivity index (χ0) is 22.1. The first-order chi connectivity index (χ1) is 15.6. The molecule has 166 valence electrons. The van der Waals surface area contributed by atoms with Gasteiger partial charge < -0.3 is 19.6 Å². The van der Waals surface area contributed by atoms with Crippen LogP contribution >= 0.6 is 0 Å². The molecule has 2 N–H and O–H groups in total. The van der Waals surface area contributed by atoms with Gasteiger partial charge in [-0.3, -0.25) is 14.3 Å². The minimum absolute atomic E-state index is 0.270. The number of anilines is 1. The number of ether oxygens (including phenoxy) is 1. The molecule has 8 heteroatoms. The molecule has 0 atom stereocenters. The van der Waals surface area contributed by atoms with Gasteiger partial charge in [0.25, 0.3) is 5.56 Å². The third-order valence-electron chi connectivity index (χ3n) is 6.17. The zero-order valence-corrected chi connectivity index (χ0v) is 18.1. The minimum atomic E-state index is -0.361. The van der Waals surface area contributed by atoms with Gasteiger partial charge in [-0.1, -0.05) is 18.2 Å². The lowest BCUT2D eigenvalue weighted by Gasteiger charge is -2.36. The minimum Gasteiger partial charge on any atom is -0.494 e.